The van der Waals surface area contributed by atoms with Gasteiger partial charge in [-0.1, -0.05) is 23.4 Å². The number of hydrogen-bond donors (Lipinski definition) is 0. The first-order chi connectivity index (χ1) is 14.1. The summed E-state index contributed by atoms with van der Waals surface area (Å²) < 4.78 is 16.0. The topological polar surface area (TPSA) is 64.8 Å². The number of aromatic nitrogens is 1. The minimum absolute atomic E-state index is 0.0157. The summed E-state index contributed by atoms with van der Waals surface area (Å²) in [6, 6.07) is 15.5. The molecule has 1 aliphatic heterocycles. The fourth-order valence-electron chi connectivity index (χ4n) is 3.84. The highest BCUT2D eigenvalue weighted by Gasteiger charge is 2.28. The summed E-state index contributed by atoms with van der Waals surface area (Å²) in [5.74, 6) is 2.26. The molecule has 0 saturated heterocycles. The summed E-state index contributed by atoms with van der Waals surface area (Å²) in [4.78, 5) is 14.9. The van der Waals surface area contributed by atoms with E-state index in [1.807, 2.05) is 41.3 Å². The SMILES string of the molecule is COc1cccc(-c2cc(CC(=O)N3CCc4cc(OC)ccc4C3C)no2)c1. The highest BCUT2D eigenvalue weighted by molar-refractivity contribution is 5.79. The van der Waals surface area contributed by atoms with Crippen LogP contribution in [0.1, 0.15) is 29.8 Å². The Hall–Kier alpha value is -3.28. The Kier molecular flexibility index (Phi) is 5.25. The van der Waals surface area contributed by atoms with E-state index in [4.69, 9.17) is 14.0 Å². The maximum atomic E-state index is 13.0. The summed E-state index contributed by atoms with van der Waals surface area (Å²) in [6.45, 7) is 2.74. The number of fused-ring (bicyclic) bond motifs is 1. The van der Waals surface area contributed by atoms with E-state index in [0.29, 0.717) is 18.0 Å². The van der Waals surface area contributed by atoms with Crippen LogP contribution in [0.3, 0.4) is 0 Å². The lowest BCUT2D eigenvalue weighted by Crippen LogP contribution is -2.39. The van der Waals surface area contributed by atoms with Crippen molar-refractivity contribution in [3.8, 4) is 22.8 Å². The van der Waals surface area contributed by atoms with Gasteiger partial charge in [0.1, 0.15) is 11.5 Å². The summed E-state index contributed by atoms with van der Waals surface area (Å²) in [5.41, 5.74) is 3.90. The third-order valence-corrected chi connectivity index (χ3v) is 5.46. The van der Waals surface area contributed by atoms with Gasteiger partial charge in [0, 0.05) is 18.2 Å². The lowest BCUT2D eigenvalue weighted by molar-refractivity contribution is -0.133. The third-order valence-electron chi connectivity index (χ3n) is 5.46. The minimum atomic E-state index is 0.0157. The molecule has 150 valence electrons. The van der Waals surface area contributed by atoms with Gasteiger partial charge >= 0.3 is 0 Å². The summed E-state index contributed by atoms with van der Waals surface area (Å²) in [5, 5.41) is 4.10. The van der Waals surface area contributed by atoms with E-state index in [2.05, 4.69) is 24.2 Å². The lowest BCUT2D eigenvalue weighted by Gasteiger charge is -2.35. The fraction of sp³-hybridized carbons (Fsp3) is 0.304. The Morgan fingerprint density at radius 2 is 1.93 bits per heavy atom. The number of carbonyl (C=O) groups is 1. The lowest BCUT2D eigenvalue weighted by atomic mass is 9.93. The number of nitrogens with zero attached hydrogens (tertiary/aromatic N) is 2. The quantitative estimate of drug-likeness (QED) is 0.655. The van der Waals surface area contributed by atoms with Crippen LogP contribution < -0.4 is 9.47 Å². The van der Waals surface area contributed by atoms with Gasteiger partial charge in [-0.15, -0.1) is 0 Å². The van der Waals surface area contributed by atoms with E-state index in [-0.39, 0.29) is 18.4 Å². The van der Waals surface area contributed by atoms with Gasteiger partial charge in [0.2, 0.25) is 5.91 Å². The molecule has 0 N–H and O–H groups in total. The molecule has 1 amide bonds. The molecule has 0 saturated carbocycles. The Morgan fingerprint density at radius 1 is 1.14 bits per heavy atom. The van der Waals surface area contributed by atoms with E-state index in [1.165, 1.54) is 11.1 Å². The average Bonchev–Trinajstić information content (AvgIpc) is 3.22. The Morgan fingerprint density at radius 3 is 2.72 bits per heavy atom. The Bertz CT molecular complexity index is 1030. The number of carbonyl (C=O) groups excluding carboxylic acids is 1. The average molecular weight is 392 g/mol. The second-order valence-corrected chi connectivity index (χ2v) is 7.17. The van der Waals surface area contributed by atoms with Gasteiger partial charge in [-0.2, -0.15) is 0 Å². The Balaban J connectivity index is 1.48. The first-order valence-electron chi connectivity index (χ1n) is 9.65. The van der Waals surface area contributed by atoms with E-state index in [0.717, 1.165) is 23.5 Å². The van der Waals surface area contributed by atoms with E-state index < -0.39 is 0 Å². The molecule has 1 unspecified atom stereocenters. The molecule has 0 spiro atoms. The van der Waals surface area contributed by atoms with Crippen molar-refractivity contribution in [3.63, 3.8) is 0 Å². The van der Waals surface area contributed by atoms with Gasteiger partial charge < -0.3 is 18.9 Å². The number of rotatable bonds is 5. The molecule has 0 radical (unpaired) electrons. The Labute approximate surface area is 170 Å². The molecule has 1 aliphatic rings. The van der Waals surface area contributed by atoms with Crippen LogP contribution in [0.4, 0.5) is 0 Å². The largest absolute Gasteiger partial charge is 0.497 e. The van der Waals surface area contributed by atoms with Crippen LogP contribution in [0, 0.1) is 0 Å². The van der Waals surface area contributed by atoms with Crippen LogP contribution in [0.2, 0.25) is 0 Å². The van der Waals surface area contributed by atoms with Crippen LogP contribution in [0.15, 0.2) is 53.1 Å². The number of benzene rings is 2. The van der Waals surface area contributed by atoms with E-state index >= 15 is 0 Å². The molecule has 4 rings (SSSR count). The molecule has 1 atom stereocenters. The van der Waals surface area contributed by atoms with Gasteiger partial charge in [-0.3, -0.25) is 4.79 Å². The zero-order valence-corrected chi connectivity index (χ0v) is 16.8. The maximum absolute atomic E-state index is 13.0. The number of ether oxygens (including phenoxy) is 2. The van der Waals surface area contributed by atoms with Gasteiger partial charge in [0.25, 0.3) is 0 Å². The fourth-order valence-corrected chi connectivity index (χ4v) is 3.84. The summed E-state index contributed by atoms with van der Waals surface area (Å²) in [6.07, 6.45) is 1.03. The molecule has 0 fully saturated rings. The van der Waals surface area contributed by atoms with Crippen LogP contribution in [0.5, 0.6) is 11.5 Å². The highest BCUT2D eigenvalue weighted by atomic mass is 16.5. The second kappa shape index (κ2) is 7.99. The summed E-state index contributed by atoms with van der Waals surface area (Å²) >= 11 is 0. The van der Waals surface area contributed by atoms with E-state index in [9.17, 15) is 4.79 Å². The molecule has 3 aromatic rings. The standard InChI is InChI=1S/C23H24N2O4/c1-15-21-8-7-20(28-3)11-16(21)9-10-25(15)23(26)14-18-13-22(29-24-18)17-5-4-6-19(12-17)27-2/h4-8,11-13,15H,9-10,14H2,1-3H3. The molecule has 2 aromatic carbocycles. The summed E-state index contributed by atoms with van der Waals surface area (Å²) in [7, 11) is 3.29. The molecular weight excluding hydrogens is 368 g/mol. The van der Waals surface area contributed by atoms with Crippen molar-refractivity contribution in [2.75, 3.05) is 20.8 Å². The van der Waals surface area contributed by atoms with Crippen molar-refractivity contribution in [1.29, 1.82) is 0 Å². The minimum Gasteiger partial charge on any atom is -0.497 e. The number of amides is 1. The smallest absolute Gasteiger partial charge is 0.229 e. The predicted octanol–water partition coefficient (Wildman–Crippen LogP) is 4.05. The van der Waals surface area contributed by atoms with Gasteiger partial charge in [0.05, 0.1) is 32.4 Å². The zero-order chi connectivity index (χ0) is 20.4. The van der Waals surface area contributed by atoms with Crippen molar-refractivity contribution in [2.24, 2.45) is 0 Å². The molecule has 29 heavy (non-hydrogen) atoms. The first-order valence-corrected chi connectivity index (χ1v) is 9.65. The molecular formula is C23H24N2O4. The van der Waals surface area contributed by atoms with Crippen molar-refractivity contribution < 1.29 is 18.8 Å². The van der Waals surface area contributed by atoms with Gasteiger partial charge in [-0.05, 0) is 48.7 Å². The maximum Gasteiger partial charge on any atom is 0.229 e. The van der Waals surface area contributed by atoms with Crippen LogP contribution >= 0.6 is 0 Å². The van der Waals surface area contributed by atoms with Crippen molar-refractivity contribution in [2.45, 2.75) is 25.8 Å². The molecule has 0 aliphatic carbocycles. The van der Waals surface area contributed by atoms with Crippen LogP contribution in [-0.4, -0.2) is 36.7 Å². The predicted molar refractivity (Wildman–Crippen MR) is 109 cm³/mol. The van der Waals surface area contributed by atoms with Crippen molar-refractivity contribution >= 4 is 5.91 Å². The molecule has 1 aromatic heterocycles. The number of hydrogen-bond acceptors (Lipinski definition) is 5. The van der Waals surface area contributed by atoms with Gasteiger partial charge in [-0.25, -0.2) is 0 Å². The highest BCUT2D eigenvalue weighted by Crippen LogP contribution is 2.32. The first kappa shape index (κ1) is 19.1. The third kappa shape index (κ3) is 3.83. The van der Waals surface area contributed by atoms with Crippen LogP contribution in [-0.2, 0) is 17.6 Å². The molecule has 6 heteroatoms. The van der Waals surface area contributed by atoms with Gasteiger partial charge in [0.15, 0.2) is 5.76 Å². The van der Waals surface area contributed by atoms with Crippen molar-refractivity contribution in [1.82, 2.24) is 10.1 Å². The molecule has 2 heterocycles. The monoisotopic (exact) mass is 392 g/mol. The van der Waals surface area contributed by atoms with Crippen LogP contribution in [0.25, 0.3) is 11.3 Å². The van der Waals surface area contributed by atoms with Crippen molar-refractivity contribution in [3.05, 3.63) is 65.4 Å². The van der Waals surface area contributed by atoms with E-state index in [1.54, 1.807) is 14.2 Å². The normalized spacial score (nSPS) is 15.7. The molecule has 6 nitrogen and oxygen atoms in total. The second-order valence-electron chi connectivity index (χ2n) is 7.17. The zero-order valence-electron chi connectivity index (χ0n) is 16.8. The molecule has 0 bridgehead atoms. The number of methoxy groups -OCH3 is 2.